The molecule has 22 heavy (non-hydrogen) atoms. The molecule has 0 unspecified atom stereocenters. The molecule has 6 heteroatoms. The molecule has 0 bridgehead atoms. The van der Waals surface area contributed by atoms with Crippen molar-refractivity contribution in [2.75, 3.05) is 12.4 Å². The van der Waals surface area contributed by atoms with Gasteiger partial charge in [0, 0.05) is 24.3 Å². The molecule has 0 aromatic heterocycles. The number of nitrogens with zero attached hydrogens (tertiary/aromatic N) is 1. The van der Waals surface area contributed by atoms with E-state index in [1.807, 2.05) is 0 Å². The molecule has 1 aliphatic carbocycles. The van der Waals surface area contributed by atoms with Gasteiger partial charge in [-0.2, -0.15) is 0 Å². The number of amides is 3. The fourth-order valence-corrected chi connectivity index (χ4v) is 2.70. The Labute approximate surface area is 129 Å². The lowest BCUT2D eigenvalue weighted by molar-refractivity contribution is -0.144. The normalized spacial score (nSPS) is 15.1. The number of hydrogen-bond donors (Lipinski definition) is 2. The second kappa shape index (κ2) is 7.06. The summed E-state index contributed by atoms with van der Waals surface area (Å²) in [6, 6.07) is 6.25. The van der Waals surface area contributed by atoms with E-state index in [4.69, 9.17) is 5.73 Å². The van der Waals surface area contributed by atoms with Gasteiger partial charge < -0.3 is 16.0 Å². The molecule has 1 saturated carbocycles. The van der Waals surface area contributed by atoms with E-state index in [9.17, 15) is 14.4 Å². The highest BCUT2D eigenvalue weighted by Gasteiger charge is 2.26. The van der Waals surface area contributed by atoms with Crippen LogP contribution in [0.2, 0.25) is 0 Å². The SMILES string of the molecule is CN(C(=O)C(=O)Nc1ccc(C(N)=O)cc1)C1CCCCC1. The highest BCUT2D eigenvalue weighted by atomic mass is 16.2. The van der Waals surface area contributed by atoms with E-state index >= 15 is 0 Å². The van der Waals surface area contributed by atoms with Gasteiger partial charge in [-0.05, 0) is 37.1 Å². The number of primary amides is 1. The quantitative estimate of drug-likeness (QED) is 0.829. The summed E-state index contributed by atoms with van der Waals surface area (Å²) >= 11 is 0. The molecule has 1 fully saturated rings. The van der Waals surface area contributed by atoms with E-state index in [1.165, 1.54) is 23.5 Å². The molecule has 3 amide bonds. The Morgan fingerprint density at radius 3 is 2.23 bits per heavy atom. The van der Waals surface area contributed by atoms with Crippen LogP contribution in [0, 0.1) is 0 Å². The summed E-state index contributed by atoms with van der Waals surface area (Å²) in [5.41, 5.74) is 5.96. The van der Waals surface area contributed by atoms with Crippen molar-refractivity contribution in [1.82, 2.24) is 4.90 Å². The summed E-state index contributed by atoms with van der Waals surface area (Å²) in [7, 11) is 1.67. The molecule has 1 aliphatic rings. The maximum atomic E-state index is 12.2. The van der Waals surface area contributed by atoms with Crippen molar-refractivity contribution in [3.8, 4) is 0 Å². The number of anilines is 1. The van der Waals surface area contributed by atoms with E-state index < -0.39 is 17.7 Å². The van der Waals surface area contributed by atoms with Crippen molar-refractivity contribution in [1.29, 1.82) is 0 Å². The molecule has 0 aliphatic heterocycles. The molecule has 0 radical (unpaired) electrons. The van der Waals surface area contributed by atoms with E-state index in [1.54, 1.807) is 19.2 Å². The zero-order valence-electron chi connectivity index (χ0n) is 12.7. The minimum absolute atomic E-state index is 0.143. The van der Waals surface area contributed by atoms with Crippen molar-refractivity contribution in [2.45, 2.75) is 38.1 Å². The van der Waals surface area contributed by atoms with Gasteiger partial charge in [0.1, 0.15) is 0 Å². The number of hydrogen-bond acceptors (Lipinski definition) is 3. The zero-order valence-corrected chi connectivity index (χ0v) is 12.7. The number of nitrogens with one attached hydrogen (secondary N) is 1. The number of likely N-dealkylation sites (N-methyl/N-ethyl adjacent to an activating group) is 1. The van der Waals surface area contributed by atoms with Crippen molar-refractivity contribution in [3.63, 3.8) is 0 Å². The number of carbonyl (C=O) groups excluding carboxylic acids is 3. The summed E-state index contributed by atoms with van der Waals surface area (Å²) in [5.74, 6) is -1.74. The maximum absolute atomic E-state index is 12.2. The molecular formula is C16H21N3O3. The largest absolute Gasteiger partial charge is 0.366 e. The Balaban J connectivity index is 1.95. The number of carbonyl (C=O) groups is 3. The van der Waals surface area contributed by atoms with Crippen LogP contribution in [-0.2, 0) is 9.59 Å². The Bertz CT molecular complexity index is 563. The molecule has 6 nitrogen and oxygen atoms in total. The second-order valence-corrected chi connectivity index (χ2v) is 5.60. The van der Waals surface area contributed by atoms with Gasteiger partial charge in [-0.3, -0.25) is 14.4 Å². The Morgan fingerprint density at radius 2 is 1.68 bits per heavy atom. The predicted octanol–water partition coefficient (Wildman–Crippen LogP) is 1.52. The molecule has 2 rings (SSSR count). The van der Waals surface area contributed by atoms with Crippen molar-refractivity contribution < 1.29 is 14.4 Å². The lowest BCUT2D eigenvalue weighted by Gasteiger charge is -2.30. The summed E-state index contributed by atoms with van der Waals surface area (Å²) < 4.78 is 0. The van der Waals surface area contributed by atoms with Crippen LogP contribution in [0.25, 0.3) is 0 Å². The lowest BCUT2D eigenvalue weighted by Crippen LogP contribution is -2.44. The minimum Gasteiger partial charge on any atom is -0.366 e. The van der Waals surface area contributed by atoms with Crippen LogP contribution in [0.1, 0.15) is 42.5 Å². The Morgan fingerprint density at radius 1 is 1.09 bits per heavy atom. The van der Waals surface area contributed by atoms with Gasteiger partial charge in [0.25, 0.3) is 0 Å². The smallest absolute Gasteiger partial charge is 0.313 e. The van der Waals surface area contributed by atoms with Gasteiger partial charge in [0.05, 0.1) is 0 Å². The molecule has 118 valence electrons. The van der Waals surface area contributed by atoms with Crippen LogP contribution in [-0.4, -0.2) is 35.7 Å². The maximum Gasteiger partial charge on any atom is 0.313 e. The van der Waals surface area contributed by atoms with Gasteiger partial charge >= 0.3 is 11.8 Å². The summed E-state index contributed by atoms with van der Waals surface area (Å²) in [5, 5.41) is 2.55. The first-order chi connectivity index (χ1) is 10.5. The first-order valence-electron chi connectivity index (χ1n) is 7.47. The standard InChI is InChI=1S/C16H21N3O3/c1-19(13-5-3-2-4-6-13)16(22)15(21)18-12-9-7-11(8-10-12)14(17)20/h7-10,13H,2-6H2,1H3,(H2,17,20)(H,18,21). The molecule has 0 atom stereocenters. The molecular weight excluding hydrogens is 282 g/mol. The van der Waals surface area contributed by atoms with Crippen LogP contribution in [0.5, 0.6) is 0 Å². The third-order valence-electron chi connectivity index (χ3n) is 4.06. The average Bonchev–Trinajstić information content (AvgIpc) is 2.54. The second-order valence-electron chi connectivity index (χ2n) is 5.60. The fraction of sp³-hybridized carbons (Fsp3) is 0.438. The van der Waals surface area contributed by atoms with Crippen molar-refractivity contribution in [3.05, 3.63) is 29.8 Å². The van der Waals surface area contributed by atoms with E-state index in [2.05, 4.69) is 5.32 Å². The minimum atomic E-state index is -0.667. The topological polar surface area (TPSA) is 92.5 Å². The first-order valence-corrected chi connectivity index (χ1v) is 7.47. The van der Waals surface area contributed by atoms with Crippen molar-refractivity contribution in [2.24, 2.45) is 5.73 Å². The highest BCUT2D eigenvalue weighted by molar-refractivity contribution is 6.39. The summed E-state index contributed by atoms with van der Waals surface area (Å²) in [4.78, 5) is 36.7. The zero-order chi connectivity index (χ0) is 16.1. The Hall–Kier alpha value is -2.37. The van der Waals surface area contributed by atoms with Crippen molar-refractivity contribution >= 4 is 23.4 Å². The number of benzene rings is 1. The number of nitrogens with two attached hydrogens (primary N) is 1. The van der Waals surface area contributed by atoms with Gasteiger partial charge in [0.2, 0.25) is 5.91 Å². The van der Waals surface area contributed by atoms with Crippen LogP contribution >= 0.6 is 0 Å². The summed E-state index contributed by atoms with van der Waals surface area (Å²) in [6.45, 7) is 0. The van der Waals surface area contributed by atoms with Crippen LogP contribution in [0.3, 0.4) is 0 Å². The van der Waals surface area contributed by atoms with Gasteiger partial charge in [-0.25, -0.2) is 0 Å². The molecule has 1 aromatic carbocycles. The lowest BCUT2D eigenvalue weighted by atomic mass is 9.94. The van der Waals surface area contributed by atoms with Gasteiger partial charge in [-0.1, -0.05) is 19.3 Å². The highest BCUT2D eigenvalue weighted by Crippen LogP contribution is 2.21. The van der Waals surface area contributed by atoms with E-state index in [-0.39, 0.29) is 6.04 Å². The van der Waals surface area contributed by atoms with Crippen LogP contribution in [0.15, 0.2) is 24.3 Å². The molecule has 0 heterocycles. The van der Waals surface area contributed by atoms with E-state index in [0.717, 1.165) is 25.7 Å². The molecule has 0 saturated heterocycles. The van der Waals surface area contributed by atoms with Gasteiger partial charge in [0.15, 0.2) is 0 Å². The average molecular weight is 303 g/mol. The molecule has 3 N–H and O–H groups in total. The van der Waals surface area contributed by atoms with Gasteiger partial charge in [-0.15, -0.1) is 0 Å². The number of rotatable bonds is 3. The van der Waals surface area contributed by atoms with Crippen LogP contribution < -0.4 is 11.1 Å². The first kappa shape index (κ1) is 16.0. The summed E-state index contributed by atoms with van der Waals surface area (Å²) in [6.07, 6.45) is 5.28. The third kappa shape index (κ3) is 3.84. The fourth-order valence-electron chi connectivity index (χ4n) is 2.70. The molecule has 1 aromatic rings. The Kier molecular flexibility index (Phi) is 5.14. The molecule has 0 spiro atoms. The van der Waals surface area contributed by atoms with Crippen LogP contribution in [0.4, 0.5) is 5.69 Å². The monoisotopic (exact) mass is 303 g/mol. The third-order valence-corrected chi connectivity index (χ3v) is 4.06. The van der Waals surface area contributed by atoms with E-state index in [0.29, 0.717) is 11.3 Å². The predicted molar refractivity (Wildman–Crippen MR) is 83.2 cm³/mol.